The fraction of sp³-hybridized carbons (Fsp3) is 0.391. The fourth-order valence-corrected chi connectivity index (χ4v) is 3.35. The topological polar surface area (TPSA) is 61.4 Å². The largest absolute Gasteiger partial charge is 0.350 e. The Bertz CT molecular complexity index is 811. The molecule has 28 heavy (non-hydrogen) atoms. The van der Waals surface area contributed by atoms with E-state index in [0.717, 1.165) is 26.1 Å². The van der Waals surface area contributed by atoms with E-state index in [1.54, 1.807) is 18.2 Å². The Morgan fingerprint density at radius 3 is 2.36 bits per heavy atom. The summed E-state index contributed by atoms with van der Waals surface area (Å²) in [5, 5.41) is 5.83. The monoisotopic (exact) mass is 379 g/mol. The third-order valence-electron chi connectivity index (χ3n) is 5.23. The minimum atomic E-state index is -0.212. The minimum Gasteiger partial charge on any atom is -0.350 e. The molecule has 2 aromatic rings. The number of anilines is 1. The summed E-state index contributed by atoms with van der Waals surface area (Å²) in [7, 11) is 0. The van der Waals surface area contributed by atoms with Crippen LogP contribution >= 0.6 is 0 Å². The molecule has 1 aliphatic rings. The van der Waals surface area contributed by atoms with Crippen LogP contribution in [0, 0.1) is 0 Å². The van der Waals surface area contributed by atoms with Crippen molar-refractivity contribution in [2.45, 2.75) is 45.7 Å². The molecule has 148 valence electrons. The average molecular weight is 380 g/mol. The Balaban J connectivity index is 1.66. The maximum absolute atomic E-state index is 12.7. The highest BCUT2D eigenvalue weighted by atomic mass is 16.2. The quantitative estimate of drug-likeness (QED) is 0.762. The van der Waals surface area contributed by atoms with Gasteiger partial charge in [-0.25, -0.2) is 0 Å². The van der Waals surface area contributed by atoms with Crippen molar-refractivity contribution in [3.05, 3.63) is 65.2 Å². The highest BCUT2D eigenvalue weighted by Crippen LogP contribution is 2.18. The lowest BCUT2D eigenvalue weighted by atomic mass is 10.1. The van der Waals surface area contributed by atoms with Crippen molar-refractivity contribution in [2.75, 3.05) is 18.4 Å². The first-order valence-corrected chi connectivity index (χ1v) is 10.1. The molecule has 0 aliphatic carbocycles. The Morgan fingerprint density at radius 2 is 1.68 bits per heavy atom. The summed E-state index contributed by atoms with van der Waals surface area (Å²) in [5.74, 6) is -0.386. The molecule has 1 fully saturated rings. The van der Waals surface area contributed by atoms with Gasteiger partial charge < -0.3 is 10.6 Å². The molecule has 1 saturated heterocycles. The molecule has 2 amide bonds. The number of amides is 2. The van der Waals surface area contributed by atoms with Crippen LogP contribution in [0.15, 0.2) is 48.5 Å². The number of likely N-dealkylation sites (tertiary alicyclic amines) is 1. The van der Waals surface area contributed by atoms with E-state index in [1.165, 1.54) is 18.4 Å². The number of hydrogen-bond donors (Lipinski definition) is 2. The molecule has 5 heteroatoms. The lowest BCUT2D eigenvalue weighted by Crippen LogP contribution is -2.32. The van der Waals surface area contributed by atoms with Gasteiger partial charge in [-0.05, 0) is 69.1 Å². The number of hydrogen-bond acceptors (Lipinski definition) is 3. The van der Waals surface area contributed by atoms with Crippen LogP contribution < -0.4 is 10.6 Å². The van der Waals surface area contributed by atoms with Crippen molar-refractivity contribution in [2.24, 2.45) is 0 Å². The smallest absolute Gasteiger partial charge is 0.255 e. The molecule has 2 N–H and O–H groups in total. The summed E-state index contributed by atoms with van der Waals surface area (Å²) in [6, 6.07) is 14.9. The van der Waals surface area contributed by atoms with Crippen molar-refractivity contribution in [3.8, 4) is 0 Å². The predicted octanol–water partition coefficient (Wildman–Crippen LogP) is 4.06. The zero-order valence-electron chi connectivity index (χ0n) is 16.7. The Morgan fingerprint density at radius 1 is 1.00 bits per heavy atom. The van der Waals surface area contributed by atoms with Gasteiger partial charge in [-0.15, -0.1) is 0 Å². The lowest BCUT2D eigenvalue weighted by Gasteiger charge is -2.15. The minimum absolute atomic E-state index is 0.0828. The number of rotatable bonds is 7. The van der Waals surface area contributed by atoms with Gasteiger partial charge in [0.15, 0.2) is 0 Å². The zero-order chi connectivity index (χ0) is 19.9. The molecule has 0 bridgehead atoms. The Labute approximate surface area is 167 Å². The van der Waals surface area contributed by atoms with Gasteiger partial charge in [-0.1, -0.05) is 31.2 Å². The Kier molecular flexibility index (Phi) is 6.82. The van der Waals surface area contributed by atoms with Gasteiger partial charge in [0.25, 0.3) is 11.8 Å². The third kappa shape index (κ3) is 5.20. The average Bonchev–Trinajstić information content (AvgIpc) is 3.21. The van der Waals surface area contributed by atoms with Crippen LogP contribution in [0.5, 0.6) is 0 Å². The molecule has 0 spiro atoms. The molecule has 0 saturated carbocycles. The van der Waals surface area contributed by atoms with Crippen LogP contribution in [-0.2, 0) is 6.54 Å². The highest BCUT2D eigenvalue weighted by molar-refractivity contribution is 6.09. The lowest BCUT2D eigenvalue weighted by molar-refractivity contribution is 0.0940. The van der Waals surface area contributed by atoms with Crippen LogP contribution in [0.25, 0.3) is 0 Å². The van der Waals surface area contributed by atoms with Crippen LogP contribution in [-0.4, -0.2) is 35.8 Å². The second-order valence-corrected chi connectivity index (χ2v) is 7.46. The van der Waals surface area contributed by atoms with Gasteiger partial charge in [-0.3, -0.25) is 14.5 Å². The highest BCUT2D eigenvalue weighted by Gasteiger charge is 2.16. The summed E-state index contributed by atoms with van der Waals surface area (Å²) in [4.78, 5) is 27.6. The van der Waals surface area contributed by atoms with Crippen LogP contribution in [0.1, 0.15) is 59.4 Å². The van der Waals surface area contributed by atoms with Crippen molar-refractivity contribution in [3.63, 3.8) is 0 Å². The normalized spacial score (nSPS) is 15.2. The van der Waals surface area contributed by atoms with E-state index in [0.29, 0.717) is 16.8 Å². The molecule has 1 heterocycles. The second kappa shape index (κ2) is 9.51. The standard InChI is InChI=1S/C23H29N3O2/c1-3-17(2)24-23(28)20-8-4-5-9-21(20)25-22(27)19-12-10-18(11-13-19)16-26-14-6-7-15-26/h4-5,8-13,17H,3,6-7,14-16H2,1-2H3,(H,24,28)(H,25,27). The first-order valence-electron chi connectivity index (χ1n) is 10.1. The number of carbonyl (C=O) groups excluding carboxylic acids is 2. The summed E-state index contributed by atoms with van der Waals surface area (Å²) in [6.45, 7) is 7.21. The SMILES string of the molecule is CCC(C)NC(=O)c1ccccc1NC(=O)c1ccc(CN2CCCC2)cc1. The number of carbonyl (C=O) groups is 2. The molecule has 0 aromatic heterocycles. The van der Waals surface area contributed by atoms with Crippen molar-refractivity contribution in [1.82, 2.24) is 10.2 Å². The molecular weight excluding hydrogens is 350 g/mol. The molecular formula is C23H29N3O2. The van der Waals surface area contributed by atoms with Crippen molar-refractivity contribution < 1.29 is 9.59 Å². The van der Waals surface area contributed by atoms with E-state index in [2.05, 4.69) is 15.5 Å². The van der Waals surface area contributed by atoms with Crippen LogP contribution in [0.3, 0.4) is 0 Å². The van der Waals surface area contributed by atoms with Gasteiger partial charge in [0, 0.05) is 18.2 Å². The number of para-hydroxylation sites is 1. The summed E-state index contributed by atoms with van der Waals surface area (Å²) >= 11 is 0. The third-order valence-corrected chi connectivity index (χ3v) is 5.23. The number of nitrogens with zero attached hydrogens (tertiary/aromatic N) is 1. The van der Waals surface area contributed by atoms with Crippen molar-refractivity contribution >= 4 is 17.5 Å². The molecule has 1 aliphatic heterocycles. The second-order valence-electron chi connectivity index (χ2n) is 7.46. The molecule has 1 atom stereocenters. The first kappa shape index (κ1) is 20.1. The maximum Gasteiger partial charge on any atom is 0.255 e. The summed E-state index contributed by atoms with van der Waals surface area (Å²) < 4.78 is 0. The Hall–Kier alpha value is -2.66. The number of benzene rings is 2. The van der Waals surface area contributed by atoms with Gasteiger partial charge in [-0.2, -0.15) is 0 Å². The van der Waals surface area contributed by atoms with E-state index < -0.39 is 0 Å². The van der Waals surface area contributed by atoms with E-state index in [9.17, 15) is 9.59 Å². The molecule has 0 radical (unpaired) electrons. The molecule has 1 unspecified atom stereocenters. The van der Waals surface area contributed by atoms with E-state index in [1.807, 2.05) is 44.2 Å². The van der Waals surface area contributed by atoms with Gasteiger partial charge in [0.05, 0.1) is 11.3 Å². The van der Waals surface area contributed by atoms with Gasteiger partial charge in [0.1, 0.15) is 0 Å². The molecule has 3 rings (SSSR count). The first-order chi connectivity index (χ1) is 13.6. The van der Waals surface area contributed by atoms with E-state index in [4.69, 9.17) is 0 Å². The summed E-state index contributed by atoms with van der Waals surface area (Å²) in [5.41, 5.74) is 2.80. The van der Waals surface area contributed by atoms with Gasteiger partial charge in [0.2, 0.25) is 0 Å². The molecule has 5 nitrogen and oxygen atoms in total. The predicted molar refractivity (Wildman–Crippen MR) is 113 cm³/mol. The summed E-state index contributed by atoms with van der Waals surface area (Å²) in [6.07, 6.45) is 3.39. The zero-order valence-corrected chi connectivity index (χ0v) is 16.7. The number of nitrogens with one attached hydrogen (secondary N) is 2. The van der Waals surface area contributed by atoms with Crippen LogP contribution in [0.4, 0.5) is 5.69 Å². The maximum atomic E-state index is 12.7. The van der Waals surface area contributed by atoms with Crippen molar-refractivity contribution in [1.29, 1.82) is 0 Å². The molecule has 2 aromatic carbocycles. The van der Waals surface area contributed by atoms with Gasteiger partial charge >= 0.3 is 0 Å². The van der Waals surface area contributed by atoms with E-state index >= 15 is 0 Å². The fourth-order valence-electron chi connectivity index (χ4n) is 3.35. The van der Waals surface area contributed by atoms with E-state index in [-0.39, 0.29) is 17.9 Å². The van der Waals surface area contributed by atoms with Crippen LogP contribution in [0.2, 0.25) is 0 Å².